The molecule has 1 saturated heterocycles. The zero-order valence-corrected chi connectivity index (χ0v) is 15.2. The molecule has 1 heterocycles. The van der Waals surface area contributed by atoms with Crippen LogP contribution in [0, 0.1) is 0 Å². The van der Waals surface area contributed by atoms with E-state index < -0.39 is 0 Å². The first kappa shape index (κ1) is 18.6. The molecular formula is C19H32N4O. The molecule has 1 aliphatic heterocycles. The molecule has 5 heteroatoms. The highest BCUT2D eigenvalue weighted by atomic mass is 16.5. The van der Waals surface area contributed by atoms with Gasteiger partial charge in [-0.25, -0.2) is 0 Å². The zero-order valence-electron chi connectivity index (χ0n) is 15.2. The summed E-state index contributed by atoms with van der Waals surface area (Å²) >= 11 is 0. The van der Waals surface area contributed by atoms with E-state index in [1.165, 1.54) is 37.9 Å². The predicted molar refractivity (Wildman–Crippen MR) is 101 cm³/mol. The summed E-state index contributed by atoms with van der Waals surface area (Å²) in [5.41, 5.74) is 1.31. The van der Waals surface area contributed by atoms with E-state index in [0.717, 1.165) is 44.2 Å². The predicted octanol–water partition coefficient (Wildman–Crippen LogP) is 2.28. The monoisotopic (exact) mass is 332 g/mol. The van der Waals surface area contributed by atoms with E-state index in [9.17, 15) is 0 Å². The number of methoxy groups -OCH3 is 1. The normalized spacial score (nSPS) is 16.0. The molecule has 1 aliphatic rings. The highest BCUT2D eigenvalue weighted by molar-refractivity contribution is 5.79. The number of guanidine groups is 1. The van der Waals surface area contributed by atoms with Crippen LogP contribution in [-0.4, -0.2) is 57.7 Å². The van der Waals surface area contributed by atoms with Crippen molar-refractivity contribution in [2.45, 2.75) is 32.1 Å². The Hall–Kier alpha value is -1.75. The van der Waals surface area contributed by atoms with Crippen LogP contribution in [0.15, 0.2) is 29.3 Å². The lowest BCUT2D eigenvalue weighted by Gasteiger charge is -2.26. The lowest BCUT2D eigenvalue weighted by Crippen LogP contribution is -2.42. The van der Waals surface area contributed by atoms with Crippen LogP contribution in [0.3, 0.4) is 0 Å². The molecule has 1 aromatic carbocycles. The number of hydrogen-bond acceptors (Lipinski definition) is 3. The van der Waals surface area contributed by atoms with E-state index in [-0.39, 0.29) is 0 Å². The minimum atomic E-state index is 0.901. The van der Waals surface area contributed by atoms with Crippen LogP contribution in [0.25, 0.3) is 0 Å². The average molecular weight is 332 g/mol. The van der Waals surface area contributed by atoms with E-state index in [0.29, 0.717) is 0 Å². The summed E-state index contributed by atoms with van der Waals surface area (Å²) in [4.78, 5) is 6.83. The third kappa shape index (κ3) is 6.79. The van der Waals surface area contributed by atoms with Crippen LogP contribution in [0.1, 0.15) is 31.2 Å². The maximum atomic E-state index is 5.26. The van der Waals surface area contributed by atoms with Crippen molar-refractivity contribution in [3.63, 3.8) is 0 Å². The molecule has 5 nitrogen and oxygen atoms in total. The number of ether oxygens (including phenoxy) is 1. The maximum absolute atomic E-state index is 5.26. The van der Waals surface area contributed by atoms with Crippen molar-refractivity contribution in [3.8, 4) is 5.75 Å². The Kier molecular flexibility index (Phi) is 8.46. The van der Waals surface area contributed by atoms with Gasteiger partial charge in [-0.3, -0.25) is 4.99 Å². The number of hydrogen-bond donors (Lipinski definition) is 2. The van der Waals surface area contributed by atoms with Gasteiger partial charge in [-0.2, -0.15) is 0 Å². The van der Waals surface area contributed by atoms with Crippen molar-refractivity contribution in [1.82, 2.24) is 15.5 Å². The Morgan fingerprint density at radius 3 is 2.71 bits per heavy atom. The first-order valence-electron chi connectivity index (χ1n) is 9.11. The van der Waals surface area contributed by atoms with E-state index in [4.69, 9.17) is 4.74 Å². The fourth-order valence-electron chi connectivity index (χ4n) is 3.06. The Bertz CT molecular complexity index is 498. The number of benzene rings is 1. The smallest absolute Gasteiger partial charge is 0.191 e. The second kappa shape index (κ2) is 10.9. The molecule has 0 spiro atoms. The molecule has 0 saturated carbocycles. The van der Waals surface area contributed by atoms with Gasteiger partial charge in [-0.1, -0.05) is 18.6 Å². The van der Waals surface area contributed by atoms with Gasteiger partial charge >= 0.3 is 0 Å². The van der Waals surface area contributed by atoms with Gasteiger partial charge < -0.3 is 20.3 Å². The molecule has 0 unspecified atom stereocenters. The summed E-state index contributed by atoms with van der Waals surface area (Å²) in [6, 6.07) is 8.28. The van der Waals surface area contributed by atoms with E-state index in [2.05, 4.69) is 32.7 Å². The Morgan fingerprint density at radius 2 is 1.96 bits per heavy atom. The Labute approximate surface area is 146 Å². The van der Waals surface area contributed by atoms with Crippen molar-refractivity contribution < 1.29 is 4.74 Å². The molecule has 0 aliphatic carbocycles. The molecule has 134 valence electrons. The van der Waals surface area contributed by atoms with Crippen molar-refractivity contribution >= 4 is 5.96 Å². The molecule has 2 N–H and O–H groups in total. The largest absolute Gasteiger partial charge is 0.497 e. The first-order chi connectivity index (χ1) is 11.8. The van der Waals surface area contributed by atoms with Gasteiger partial charge in [0.15, 0.2) is 5.96 Å². The van der Waals surface area contributed by atoms with Crippen LogP contribution in [0.5, 0.6) is 5.75 Å². The minimum Gasteiger partial charge on any atom is -0.497 e. The molecule has 24 heavy (non-hydrogen) atoms. The second-order valence-electron chi connectivity index (χ2n) is 6.28. The quantitative estimate of drug-likeness (QED) is 0.436. The number of nitrogens with zero attached hydrogens (tertiary/aromatic N) is 2. The lowest BCUT2D eigenvalue weighted by molar-refractivity contribution is 0.232. The highest BCUT2D eigenvalue weighted by Gasteiger charge is 2.09. The standard InChI is InChI=1S/C19H32N4O/c1-20-19(22-12-15-23-13-4-3-5-14-23)21-11-7-9-17-8-6-10-18(16-17)24-2/h6,8,10,16H,3-5,7,9,11-15H2,1-2H3,(H2,20,21,22). The molecular weight excluding hydrogens is 300 g/mol. The van der Waals surface area contributed by atoms with Crippen LogP contribution in [-0.2, 0) is 6.42 Å². The summed E-state index contributed by atoms with van der Waals surface area (Å²) in [7, 11) is 3.54. The van der Waals surface area contributed by atoms with E-state index in [1.807, 2.05) is 19.2 Å². The van der Waals surface area contributed by atoms with Crippen molar-refractivity contribution in [1.29, 1.82) is 0 Å². The van der Waals surface area contributed by atoms with Gasteiger partial charge in [0, 0.05) is 26.7 Å². The molecule has 0 atom stereocenters. The van der Waals surface area contributed by atoms with Gasteiger partial charge in [-0.15, -0.1) is 0 Å². The number of piperidine rings is 1. The van der Waals surface area contributed by atoms with Gasteiger partial charge in [0.25, 0.3) is 0 Å². The van der Waals surface area contributed by atoms with Crippen LogP contribution in [0.4, 0.5) is 0 Å². The second-order valence-corrected chi connectivity index (χ2v) is 6.28. The molecule has 1 fully saturated rings. The Balaban J connectivity index is 1.59. The number of likely N-dealkylation sites (tertiary alicyclic amines) is 1. The maximum Gasteiger partial charge on any atom is 0.191 e. The summed E-state index contributed by atoms with van der Waals surface area (Å²) in [6.45, 7) is 5.46. The summed E-state index contributed by atoms with van der Waals surface area (Å²) in [5, 5.41) is 6.81. The number of rotatable bonds is 8. The summed E-state index contributed by atoms with van der Waals surface area (Å²) in [5.74, 6) is 1.83. The topological polar surface area (TPSA) is 48.9 Å². The number of aliphatic imine (C=N–C) groups is 1. The lowest BCUT2D eigenvalue weighted by atomic mass is 10.1. The van der Waals surface area contributed by atoms with Crippen LogP contribution >= 0.6 is 0 Å². The van der Waals surface area contributed by atoms with Crippen molar-refractivity contribution in [2.75, 3.05) is 46.9 Å². The molecule has 0 radical (unpaired) electrons. The average Bonchev–Trinajstić information content (AvgIpc) is 2.64. The first-order valence-corrected chi connectivity index (χ1v) is 9.11. The fourth-order valence-corrected chi connectivity index (χ4v) is 3.06. The van der Waals surface area contributed by atoms with Gasteiger partial charge in [0.05, 0.1) is 7.11 Å². The van der Waals surface area contributed by atoms with E-state index >= 15 is 0 Å². The van der Waals surface area contributed by atoms with Gasteiger partial charge in [0.2, 0.25) is 0 Å². The van der Waals surface area contributed by atoms with Crippen LogP contribution < -0.4 is 15.4 Å². The Morgan fingerprint density at radius 1 is 1.17 bits per heavy atom. The molecule has 2 rings (SSSR count). The summed E-state index contributed by atoms with van der Waals surface area (Å²) in [6.07, 6.45) is 6.18. The van der Waals surface area contributed by atoms with Gasteiger partial charge in [0.1, 0.15) is 5.75 Å². The third-order valence-corrected chi connectivity index (χ3v) is 4.46. The number of aryl methyl sites for hydroxylation is 1. The zero-order chi connectivity index (χ0) is 17.0. The molecule has 0 aromatic heterocycles. The van der Waals surface area contributed by atoms with Crippen molar-refractivity contribution in [2.24, 2.45) is 4.99 Å². The minimum absolute atomic E-state index is 0.901. The van der Waals surface area contributed by atoms with E-state index in [1.54, 1.807) is 7.11 Å². The fraction of sp³-hybridized carbons (Fsp3) is 0.632. The molecule has 0 amide bonds. The van der Waals surface area contributed by atoms with Gasteiger partial charge in [-0.05, 0) is 56.5 Å². The summed E-state index contributed by atoms with van der Waals surface area (Å²) < 4.78 is 5.26. The molecule has 0 bridgehead atoms. The highest BCUT2D eigenvalue weighted by Crippen LogP contribution is 2.13. The van der Waals surface area contributed by atoms with Crippen LogP contribution in [0.2, 0.25) is 0 Å². The number of nitrogens with one attached hydrogen (secondary N) is 2. The third-order valence-electron chi connectivity index (χ3n) is 4.46. The van der Waals surface area contributed by atoms with Crippen molar-refractivity contribution in [3.05, 3.63) is 29.8 Å². The molecule has 1 aromatic rings. The SMILES string of the molecule is CN=C(NCCCc1cccc(OC)c1)NCCN1CCCCC1.